The van der Waals surface area contributed by atoms with E-state index >= 15 is 0 Å². The Morgan fingerprint density at radius 2 is 1.18 bits per heavy atom. The molecule has 2 aromatic heterocycles. The Hall–Kier alpha value is -5.22. The first-order valence-corrected chi connectivity index (χ1v) is 13.6. The van der Waals surface area contributed by atoms with Crippen LogP contribution in [0.4, 0.5) is 0 Å². The highest BCUT2D eigenvalue weighted by atomic mass is 15.2. The lowest BCUT2D eigenvalue weighted by molar-refractivity contribution is 1.01. The maximum absolute atomic E-state index is 5.27. The minimum absolute atomic E-state index is 0.681. The van der Waals surface area contributed by atoms with Gasteiger partial charge >= 0.3 is 0 Å². The summed E-state index contributed by atoms with van der Waals surface area (Å²) < 4.78 is 2.23. The molecule has 6 aromatic carbocycles. The largest absolute Gasteiger partial charge is 0.278 e. The average molecular weight is 509 g/mol. The third kappa shape index (κ3) is 3.54. The number of aromatic nitrogens is 3. The van der Waals surface area contributed by atoms with Crippen LogP contribution in [-0.2, 0) is 0 Å². The number of benzene rings is 6. The molecule has 0 N–H and O–H groups in total. The van der Waals surface area contributed by atoms with Crippen LogP contribution in [0.25, 0.3) is 71.8 Å². The molecule has 0 spiro atoms. The maximum atomic E-state index is 5.27. The van der Waals surface area contributed by atoms with Crippen molar-refractivity contribution in [2.45, 2.75) is 0 Å². The number of para-hydroxylation sites is 1. The van der Waals surface area contributed by atoms with Gasteiger partial charge in [0.05, 0.1) is 22.2 Å². The molecule has 0 saturated carbocycles. The SMILES string of the molecule is Bc1ccc2c(c1)c1c3ccccc3ccc1n2-c1nc(-c2ccc(-c3ccccc3)cc2)c2ccccc2n1. The molecule has 0 aliphatic rings. The van der Waals surface area contributed by atoms with Gasteiger partial charge in [-0.3, -0.25) is 4.57 Å². The number of hydrogen-bond acceptors (Lipinski definition) is 2. The highest BCUT2D eigenvalue weighted by Crippen LogP contribution is 2.37. The molecular formula is C36H24BN3. The van der Waals surface area contributed by atoms with Gasteiger partial charge in [-0.25, -0.2) is 9.97 Å². The predicted molar refractivity (Wildman–Crippen MR) is 170 cm³/mol. The van der Waals surface area contributed by atoms with E-state index in [1.165, 1.54) is 38.1 Å². The number of rotatable bonds is 3. The van der Waals surface area contributed by atoms with Gasteiger partial charge in [-0.2, -0.15) is 0 Å². The Labute approximate surface area is 232 Å². The molecule has 0 aliphatic carbocycles. The van der Waals surface area contributed by atoms with E-state index in [1.54, 1.807) is 0 Å². The van der Waals surface area contributed by atoms with Crippen molar-refractivity contribution in [3.63, 3.8) is 0 Å². The van der Waals surface area contributed by atoms with Crippen LogP contribution in [0, 0.1) is 0 Å². The van der Waals surface area contributed by atoms with E-state index in [2.05, 4.69) is 134 Å². The zero-order chi connectivity index (χ0) is 26.6. The predicted octanol–water partition coefficient (Wildman–Crippen LogP) is 7.47. The van der Waals surface area contributed by atoms with E-state index < -0.39 is 0 Å². The summed E-state index contributed by atoms with van der Waals surface area (Å²) in [6.45, 7) is 0. The lowest BCUT2D eigenvalue weighted by Gasteiger charge is -2.12. The second kappa shape index (κ2) is 8.93. The van der Waals surface area contributed by atoms with Gasteiger partial charge in [0, 0.05) is 21.7 Å². The van der Waals surface area contributed by atoms with E-state index in [0.717, 1.165) is 33.2 Å². The van der Waals surface area contributed by atoms with Crippen molar-refractivity contribution in [1.82, 2.24) is 14.5 Å². The van der Waals surface area contributed by atoms with Crippen molar-refractivity contribution in [3.05, 3.63) is 133 Å². The minimum Gasteiger partial charge on any atom is -0.278 e. The van der Waals surface area contributed by atoms with Crippen LogP contribution in [-0.4, -0.2) is 22.4 Å². The van der Waals surface area contributed by atoms with Gasteiger partial charge in [0.2, 0.25) is 5.95 Å². The zero-order valence-corrected chi connectivity index (χ0v) is 22.0. The molecule has 0 bridgehead atoms. The third-order valence-corrected chi connectivity index (χ3v) is 7.87. The Morgan fingerprint density at radius 1 is 0.500 bits per heavy atom. The van der Waals surface area contributed by atoms with Crippen LogP contribution >= 0.6 is 0 Å². The van der Waals surface area contributed by atoms with E-state index in [1.807, 2.05) is 12.1 Å². The smallest absolute Gasteiger partial charge is 0.235 e. The first-order chi connectivity index (χ1) is 19.7. The fourth-order valence-electron chi connectivity index (χ4n) is 5.96. The van der Waals surface area contributed by atoms with Crippen LogP contribution in [0.2, 0.25) is 0 Å². The first kappa shape index (κ1) is 22.7. The molecule has 40 heavy (non-hydrogen) atoms. The summed E-state index contributed by atoms with van der Waals surface area (Å²) in [6, 6.07) is 47.1. The second-order valence-corrected chi connectivity index (χ2v) is 10.4. The van der Waals surface area contributed by atoms with Crippen molar-refractivity contribution < 1.29 is 0 Å². The summed E-state index contributed by atoms with van der Waals surface area (Å²) >= 11 is 0. The van der Waals surface area contributed by atoms with Crippen molar-refractivity contribution >= 4 is 56.8 Å². The van der Waals surface area contributed by atoms with Crippen LogP contribution in [0.3, 0.4) is 0 Å². The summed E-state index contributed by atoms with van der Waals surface area (Å²) in [6.07, 6.45) is 0. The molecule has 4 heteroatoms. The molecule has 3 nitrogen and oxygen atoms in total. The fourth-order valence-corrected chi connectivity index (χ4v) is 5.96. The summed E-state index contributed by atoms with van der Waals surface area (Å²) in [4.78, 5) is 10.4. The molecule has 0 aliphatic heterocycles. The third-order valence-electron chi connectivity index (χ3n) is 7.87. The summed E-state index contributed by atoms with van der Waals surface area (Å²) in [7, 11) is 2.15. The van der Waals surface area contributed by atoms with E-state index in [0.29, 0.717) is 5.95 Å². The standard InChI is InChI=1S/C36H24BN3/c37-27-19-21-32-30(22-27)34-28-11-5-4-10-25(28)18-20-33(34)40(32)36-38-31-13-7-6-12-29(31)35(39-36)26-16-14-24(15-17-26)23-8-2-1-3-9-23/h1-22H,37H2. The first-order valence-electron chi connectivity index (χ1n) is 13.6. The minimum atomic E-state index is 0.681. The number of nitrogens with zero attached hydrogens (tertiary/aromatic N) is 3. The molecule has 2 heterocycles. The maximum Gasteiger partial charge on any atom is 0.235 e. The topological polar surface area (TPSA) is 30.7 Å². The van der Waals surface area contributed by atoms with Crippen LogP contribution in [0.5, 0.6) is 0 Å². The van der Waals surface area contributed by atoms with Crippen molar-refractivity contribution in [3.8, 4) is 28.3 Å². The van der Waals surface area contributed by atoms with Crippen molar-refractivity contribution in [2.75, 3.05) is 0 Å². The second-order valence-electron chi connectivity index (χ2n) is 10.4. The van der Waals surface area contributed by atoms with Gasteiger partial charge in [-0.15, -0.1) is 0 Å². The van der Waals surface area contributed by atoms with Gasteiger partial charge in [0.25, 0.3) is 0 Å². The van der Waals surface area contributed by atoms with Crippen LogP contribution in [0.15, 0.2) is 133 Å². The summed E-state index contributed by atoms with van der Waals surface area (Å²) in [5.74, 6) is 0.681. The van der Waals surface area contributed by atoms with Gasteiger partial charge in [-0.1, -0.05) is 121 Å². The van der Waals surface area contributed by atoms with Crippen LogP contribution < -0.4 is 5.46 Å². The Balaban J connectivity index is 1.41. The molecule has 186 valence electrons. The van der Waals surface area contributed by atoms with E-state index in [4.69, 9.17) is 9.97 Å². The lowest BCUT2D eigenvalue weighted by Crippen LogP contribution is -2.04. The Kier molecular flexibility index (Phi) is 5.07. The van der Waals surface area contributed by atoms with Crippen molar-refractivity contribution in [2.24, 2.45) is 0 Å². The highest BCUT2D eigenvalue weighted by molar-refractivity contribution is 6.34. The Bertz CT molecular complexity index is 2210. The van der Waals surface area contributed by atoms with Gasteiger partial charge in [-0.05, 0) is 40.1 Å². The fraction of sp³-hybridized carbons (Fsp3) is 0. The number of fused-ring (bicyclic) bond motifs is 6. The van der Waals surface area contributed by atoms with Crippen molar-refractivity contribution in [1.29, 1.82) is 0 Å². The number of hydrogen-bond donors (Lipinski definition) is 0. The normalized spacial score (nSPS) is 11.6. The summed E-state index contributed by atoms with van der Waals surface area (Å²) in [5, 5.41) is 5.97. The molecular weight excluding hydrogens is 485 g/mol. The highest BCUT2D eigenvalue weighted by Gasteiger charge is 2.18. The quantitative estimate of drug-likeness (QED) is 0.231. The zero-order valence-electron chi connectivity index (χ0n) is 22.0. The molecule has 0 fully saturated rings. The van der Waals surface area contributed by atoms with Gasteiger partial charge < -0.3 is 0 Å². The Morgan fingerprint density at radius 3 is 2.02 bits per heavy atom. The monoisotopic (exact) mass is 509 g/mol. The van der Waals surface area contributed by atoms with E-state index in [-0.39, 0.29) is 0 Å². The molecule has 0 atom stereocenters. The van der Waals surface area contributed by atoms with Gasteiger partial charge in [0.1, 0.15) is 7.85 Å². The van der Waals surface area contributed by atoms with Crippen LogP contribution in [0.1, 0.15) is 0 Å². The molecule has 0 unspecified atom stereocenters. The summed E-state index contributed by atoms with van der Waals surface area (Å²) in [5.41, 5.74) is 8.78. The average Bonchev–Trinajstić information content (AvgIpc) is 3.35. The molecule has 0 amide bonds. The lowest BCUT2D eigenvalue weighted by atomic mass is 9.94. The molecule has 0 radical (unpaired) electrons. The van der Waals surface area contributed by atoms with Gasteiger partial charge in [0.15, 0.2) is 0 Å². The molecule has 8 aromatic rings. The molecule has 8 rings (SSSR count). The molecule has 0 saturated heterocycles. The van der Waals surface area contributed by atoms with E-state index in [9.17, 15) is 0 Å².